The Morgan fingerprint density at radius 1 is 0.846 bits per heavy atom. The zero-order valence-corrected chi connectivity index (χ0v) is 17.0. The van der Waals surface area contributed by atoms with Crippen LogP contribution in [0.2, 0.25) is 0 Å². The van der Waals surface area contributed by atoms with Gasteiger partial charge >= 0.3 is 0 Å². The van der Waals surface area contributed by atoms with Gasteiger partial charge in [0.15, 0.2) is 0 Å². The molecule has 0 N–H and O–H groups in total. The standard InChI is InChI=1S/C23H36N2O/c1-4-6-7-8-9-10-11-12-16-19-22-21(5-2)23(26-3)25(24-22)20-17-14-13-15-18-20/h13-15,17-18H,4-12,16,19H2,1-3H3. The van der Waals surface area contributed by atoms with Crippen molar-refractivity contribution in [3.63, 3.8) is 0 Å². The Balaban J connectivity index is 1.86. The van der Waals surface area contributed by atoms with Crippen LogP contribution in [0.4, 0.5) is 0 Å². The first-order chi connectivity index (χ1) is 12.8. The van der Waals surface area contributed by atoms with Crippen LogP contribution in [0.15, 0.2) is 30.3 Å². The van der Waals surface area contributed by atoms with Gasteiger partial charge in [-0.15, -0.1) is 0 Å². The monoisotopic (exact) mass is 356 g/mol. The molecule has 0 aliphatic rings. The number of hydrogen-bond donors (Lipinski definition) is 0. The third-order valence-electron chi connectivity index (χ3n) is 5.08. The van der Waals surface area contributed by atoms with Crippen molar-refractivity contribution in [2.45, 2.75) is 84.5 Å². The molecule has 144 valence electrons. The zero-order chi connectivity index (χ0) is 18.6. The Morgan fingerprint density at radius 2 is 1.46 bits per heavy atom. The maximum absolute atomic E-state index is 5.69. The average Bonchev–Trinajstić information content (AvgIpc) is 3.05. The van der Waals surface area contributed by atoms with Crippen molar-refractivity contribution in [1.82, 2.24) is 9.78 Å². The van der Waals surface area contributed by atoms with Crippen molar-refractivity contribution in [3.05, 3.63) is 41.6 Å². The molecule has 0 saturated heterocycles. The molecule has 1 aromatic heterocycles. The summed E-state index contributed by atoms with van der Waals surface area (Å²) in [5, 5.41) is 4.88. The van der Waals surface area contributed by atoms with Crippen molar-refractivity contribution in [2.75, 3.05) is 7.11 Å². The second-order valence-corrected chi connectivity index (χ2v) is 7.11. The zero-order valence-electron chi connectivity index (χ0n) is 17.0. The predicted octanol–water partition coefficient (Wildman–Crippen LogP) is 6.52. The van der Waals surface area contributed by atoms with Gasteiger partial charge in [0.05, 0.1) is 18.5 Å². The predicted molar refractivity (Wildman–Crippen MR) is 110 cm³/mol. The summed E-state index contributed by atoms with van der Waals surface area (Å²) in [5.41, 5.74) is 3.53. The second-order valence-electron chi connectivity index (χ2n) is 7.11. The quantitative estimate of drug-likeness (QED) is 0.382. The van der Waals surface area contributed by atoms with E-state index in [-0.39, 0.29) is 0 Å². The molecule has 3 heteroatoms. The average molecular weight is 357 g/mol. The molecule has 0 fully saturated rings. The number of nitrogens with zero attached hydrogens (tertiary/aromatic N) is 2. The number of aromatic nitrogens is 2. The number of methoxy groups -OCH3 is 1. The molecule has 0 saturated carbocycles. The number of hydrogen-bond acceptors (Lipinski definition) is 2. The molecule has 0 radical (unpaired) electrons. The fraction of sp³-hybridized carbons (Fsp3) is 0.609. The molecule has 3 nitrogen and oxygen atoms in total. The molecule has 1 aromatic carbocycles. The van der Waals surface area contributed by atoms with Crippen LogP contribution in [0.3, 0.4) is 0 Å². The minimum atomic E-state index is 0.893. The topological polar surface area (TPSA) is 27.1 Å². The van der Waals surface area contributed by atoms with E-state index in [1.165, 1.54) is 69.0 Å². The smallest absolute Gasteiger partial charge is 0.219 e. The van der Waals surface area contributed by atoms with E-state index < -0.39 is 0 Å². The largest absolute Gasteiger partial charge is 0.481 e. The molecule has 1 heterocycles. The number of unbranched alkanes of at least 4 members (excludes halogenated alkanes) is 8. The SMILES string of the molecule is CCCCCCCCCCCc1nn(-c2ccccc2)c(OC)c1CC. The third kappa shape index (κ3) is 5.89. The molecule has 2 aromatic rings. The van der Waals surface area contributed by atoms with Gasteiger partial charge in [0.25, 0.3) is 0 Å². The molecule has 0 aliphatic carbocycles. The maximum atomic E-state index is 5.69. The molecule has 0 bridgehead atoms. The summed E-state index contributed by atoms with van der Waals surface area (Å²) in [4.78, 5) is 0. The lowest BCUT2D eigenvalue weighted by Crippen LogP contribution is -2.00. The summed E-state index contributed by atoms with van der Waals surface area (Å²) >= 11 is 0. The van der Waals surface area contributed by atoms with Crippen LogP contribution in [0.1, 0.15) is 82.9 Å². The summed E-state index contributed by atoms with van der Waals surface area (Å²) in [6.45, 7) is 4.47. The van der Waals surface area contributed by atoms with Gasteiger partial charge in [0.2, 0.25) is 5.88 Å². The van der Waals surface area contributed by atoms with Gasteiger partial charge in [-0.2, -0.15) is 5.10 Å². The summed E-state index contributed by atoms with van der Waals surface area (Å²) in [6, 6.07) is 10.3. The fourth-order valence-corrected chi connectivity index (χ4v) is 3.59. The van der Waals surface area contributed by atoms with Crippen LogP contribution < -0.4 is 4.74 Å². The molecule has 0 unspecified atom stereocenters. The molecule has 0 aliphatic heterocycles. The highest BCUT2D eigenvalue weighted by molar-refractivity contribution is 5.41. The highest BCUT2D eigenvalue weighted by atomic mass is 16.5. The first-order valence-electron chi connectivity index (χ1n) is 10.5. The first kappa shape index (κ1) is 20.5. The van der Waals surface area contributed by atoms with Gasteiger partial charge in [0.1, 0.15) is 0 Å². The van der Waals surface area contributed by atoms with Crippen LogP contribution in [0.5, 0.6) is 5.88 Å². The Morgan fingerprint density at radius 3 is 2.04 bits per heavy atom. The number of aryl methyl sites for hydroxylation is 1. The van der Waals surface area contributed by atoms with Crippen LogP contribution in [-0.2, 0) is 12.8 Å². The Kier molecular flexibility index (Phi) is 9.30. The maximum Gasteiger partial charge on any atom is 0.219 e. The van der Waals surface area contributed by atoms with Crippen molar-refractivity contribution in [1.29, 1.82) is 0 Å². The lowest BCUT2D eigenvalue weighted by atomic mass is 10.0. The summed E-state index contributed by atoms with van der Waals surface area (Å²) in [6.07, 6.45) is 14.2. The summed E-state index contributed by atoms with van der Waals surface area (Å²) in [7, 11) is 1.75. The van der Waals surface area contributed by atoms with Crippen molar-refractivity contribution in [3.8, 4) is 11.6 Å². The Bertz CT molecular complexity index is 619. The lowest BCUT2D eigenvalue weighted by molar-refractivity contribution is 0.379. The van der Waals surface area contributed by atoms with Gasteiger partial charge < -0.3 is 4.74 Å². The number of ether oxygens (including phenoxy) is 1. The number of para-hydroxylation sites is 1. The third-order valence-corrected chi connectivity index (χ3v) is 5.08. The summed E-state index contributed by atoms with van der Waals surface area (Å²) < 4.78 is 7.65. The van der Waals surface area contributed by atoms with Crippen molar-refractivity contribution >= 4 is 0 Å². The molecule has 0 atom stereocenters. The highest BCUT2D eigenvalue weighted by Gasteiger charge is 2.17. The second kappa shape index (κ2) is 11.8. The van der Waals surface area contributed by atoms with Gasteiger partial charge in [-0.1, -0.05) is 83.4 Å². The van der Waals surface area contributed by atoms with Gasteiger partial charge in [-0.25, -0.2) is 4.68 Å². The van der Waals surface area contributed by atoms with E-state index >= 15 is 0 Å². The molecular formula is C23H36N2O. The van der Waals surface area contributed by atoms with Crippen LogP contribution in [0.25, 0.3) is 5.69 Å². The molecule has 0 spiro atoms. The van der Waals surface area contributed by atoms with E-state index in [1.54, 1.807) is 7.11 Å². The van der Waals surface area contributed by atoms with Gasteiger partial charge in [0, 0.05) is 5.56 Å². The van der Waals surface area contributed by atoms with E-state index in [1.807, 2.05) is 22.9 Å². The van der Waals surface area contributed by atoms with E-state index in [4.69, 9.17) is 9.84 Å². The minimum Gasteiger partial charge on any atom is -0.481 e. The van der Waals surface area contributed by atoms with Crippen LogP contribution in [0, 0.1) is 0 Å². The van der Waals surface area contributed by atoms with Crippen LogP contribution >= 0.6 is 0 Å². The van der Waals surface area contributed by atoms with Crippen LogP contribution in [-0.4, -0.2) is 16.9 Å². The highest BCUT2D eigenvalue weighted by Crippen LogP contribution is 2.27. The molecule has 26 heavy (non-hydrogen) atoms. The number of benzene rings is 1. The van der Waals surface area contributed by atoms with E-state index in [2.05, 4.69) is 26.0 Å². The fourth-order valence-electron chi connectivity index (χ4n) is 3.59. The van der Waals surface area contributed by atoms with Gasteiger partial charge in [-0.3, -0.25) is 0 Å². The Labute approximate surface area is 159 Å². The molecule has 0 amide bonds. The Hall–Kier alpha value is -1.77. The first-order valence-corrected chi connectivity index (χ1v) is 10.5. The number of rotatable bonds is 13. The minimum absolute atomic E-state index is 0.893. The normalized spacial score (nSPS) is 11.0. The molecule has 2 rings (SSSR count). The lowest BCUT2D eigenvalue weighted by Gasteiger charge is -2.06. The van der Waals surface area contributed by atoms with E-state index in [0.29, 0.717) is 0 Å². The molecular weight excluding hydrogens is 320 g/mol. The van der Waals surface area contributed by atoms with E-state index in [9.17, 15) is 0 Å². The van der Waals surface area contributed by atoms with Crippen molar-refractivity contribution in [2.24, 2.45) is 0 Å². The van der Waals surface area contributed by atoms with E-state index in [0.717, 1.165) is 24.4 Å². The summed E-state index contributed by atoms with van der Waals surface area (Å²) in [5.74, 6) is 0.893. The van der Waals surface area contributed by atoms with Crippen molar-refractivity contribution < 1.29 is 4.74 Å². The van der Waals surface area contributed by atoms with Gasteiger partial charge in [-0.05, 0) is 31.4 Å².